The minimum absolute atomic E-state index is 0.0291. The van der Waals surface area contributed by atoms with Crippen LogP contribution in [0.4, 0.5) is 11.4 Å². The van der Waals surface area contributed by atoms with E-state index in [0.29, 0.717) is 36.7 Å². The molecule has 0 aliphatic carbocycles. The number of carbonyl (C=O) groups is 2. The molecule has 0 saturated heterocycles. The van der Waals surface area contributed by atoms with E-state index in [0.717, 1.165) is 0 Å². The summed E-state index contributed by atoms with van der Waals surface area (Å²) in [5.74, 6) is 0.588. The van der Waals surface area contributed by atoms with Crippen molar-refractivity contribution in [3.8, 4) is 5.75 Å². The predicted molar refractivity (Wildman–Crippen MR) is 68.9 cm³/mol. The van der Waals surface area contributed by atoms with E-state index in [1.165, 1.54) is 6.92 Å². The van der Waals surface area contributed by atoms with Crippen molar-refractivity contribution >= 4 is 23.2 Å². The van der Waals surface area contributed by atoms with Gasteiger partial charge in [-0.2, -0.15) is 0 Å². The van der Waals surface area contributed by atoms with Crippen LogP contribution in [0.3, 0.4) is 0 Å². The SMILES string of the molecule is CCC(=O)Nc1ccc2c(c1)N(C(C)=O)CCO2. The van der Waals surface area contributed by atoms with E-state index in [9.17, 15) is 9.59 Å². The number of hydrogen-bond acceptors (Lipinski definition) is 3. The number of rotatable bonds is 2. The Labute approximate surface area is 106 Å². The first kappa shape index (κ1) is 12.4. The van der Waals surface area contributed by atoms with Crippen molar-refractivity contribution in [3.63, 3.8) is 0 Å². The first-order valence-corrected chi connectivity index (χ1v) is 5.96. The maximum atomic E-state index is 11.5. The van der Waals surface area contributed by atoms with Crippen LogP contribution in [0, 0.1) is 0 Å². The van der Waals surface area contributed by atoms with Crippen LogP contribution < -0.4 is 15.0 Å². The van der Waals surface area contributed by atoms with E-state index in [2.05, 4.69) is 5.32 Å². The van der Waals surface area contributed by atoms with Crippen LogP contribution in [0.25, 0.3) is 0 Å². The summed E-state index contributed by atoms with van der Waals surface area (Å²) in [6.45, 7) is 4.34. The lowest BCUT2D eigenvalue weighted by Gasteiger charge is -2.29. The van der Waals surface area contributed by atoms with Gasteiger partial charge in [-0.15, -0.1) is 0 Å². The van der Waals surface area contributed by atoms with Gasteiger partial charge >= 0.3 is 0 Å². The molecule has 0 spiro atoms. The van der Waals surface area contributed by atoms with Crippen LogP contribution in [0.1, 0.15) is 20.3 Å². The van der Waals surface area contributed by atoms with Crippen molar-refractivity contribution in [1.29, 1.82) is 0 Å². The van der Waals surface area contributed by atoms with E-state index in [4.69, 9.17) is 4.74 Å². The number of fused-ring (bicyclic) bond motifs is 1. The quantitative estimate of drug-likeness (QED) is 0.868. The number of ether oxygens (including phenoxy) is 1. The predicted octanol–water partition coefficient (Wildman–Crippen LogP) is 1.78. The Hall–Kier alpha value is -2.04. The number of nitrogens with one attached hydrogen (secondary N) is 1. The van der Waals surface area contributed by atoms with Crippen LogP contribution in [-0.2, 0) is 9.59 Å². The number of carbonyl (C=O) groups excluding carboxylic acids is 2. The largest absolute Gasteiger partial charge is 0.490 e. The van der Waals surface area contributed by atoms with Crippen molar-refractivity contribution in [2.75, 3.05) is 23.4 Å². The fraction of sp³-hybridized carbons (Fsp3) is 0.385. The molecule has 1 aromatic rings. The van der Waals surface area contributed by atoms with Gasteiger partial charge in [-0.25, -0.2) is 0 Å². The van der Waals surface area contributed by atoms with Crippen molar-refractivity contribution in [2.45, 2.75) is 20.3 Å². The molecule has 0 radical (unpaired) electrons. The molecule has 1 aromatic carbocycles. The third-order valence-electron chi connectivity index (χ3n) is 2.81. The summed E-state index contributed by atoms with van der Waals surface area (Å²) >= 11 is 0. The highest BCUT2D eigenvalue weighted by Crippen LogP contribution is 2.34. The van der Waals surface area contributed by atoms with Crippen LogP contribution in [0.5, 0.6) is 5.75 Å². The van der Waals surface area contributed by atoms with Gasteiger partial charge in [0.25, 0.3) is 0 Å². The van der Waals surface area contributed by atoms with Gasteiger partial charge in [-0.3, -0.25) is 9.59 Å². The molecule has 0 unspecified atom stereocenters. The lowest BCUT2D eigenvalue weighted by atomic mass is 10.2. The number of anilines is 2. The molecule has 18 heavy (non-hydrogen) atoms. The fourth-order valence-electron chi connectivity index (χ4n) is 1.87. The van der Waals surface area contributed by atoms with Crippen LogP contribution in [0.2, 0.25) is 0 Å². The summed E-state index contributed by atoms with van der Waals surface area (Å²) < 4.78 is 5.48. The molecule has 2 amide bonds. The Kier molecular flexibility index (Phi) is 3.50. The first-order valence-electron chi connectivity index (χ1n) is 5.96. The molecular formula is C13H16N2O3. The zero-order chi connectivity index (χ0) is 13.1. The van der Waals surface area contributed by atoms with Crippen molar-refractivity contribution in [1.82, 2.24) is 0 Å². The average molecular weight is 248 g/mol. The second kappa shape index (κ2) is 5.08. The van der Waals surface area contributed by atoms with E-state index < -0.39 is 0 Å². The Balaban J connectivity index is 2.30. The summed E-state index contributed by atoms with van der Waals surface area (Å²) in [5.41, 5.74) is 1.39. The molecular weight excluding hydrogens is 232 g/mol. The molecule has 5 heteroatoms. The number of nitrogens with zero attached hydrogens (tertiary/aromatic N) is 1. The van der Waals surface area contributed by atoms with Gasteiger partial charge in [-0.05, 0) is 18.2 Å². The zero-order valence-electron chi connectivity index (χ0n) is 10.5. The molecule has 2 rings (SSSR count). The third-order valence-corrected chi connectivity index (χ3v) is 2.81. The first-order chi connectivity index (χ1) is 8.61. The van der Waals surface area contributed by atoms with Gasteiger partial charge in [0.15, 0.2) is 0 Å². The van der Waals surface area contributed by atoms with Crippen LogP contribution >= 0.6 is 0 Å². The molecule has 0 aromatic heterocycles. The molecule has 1 N–H and O–H groups in total. The van der Waals surface area contributed by atoms with Crippen molar-refractivity contribution in [3.05, 3.63) is 18.2 Å². The third kappa shape index (κ3) is 2.45. The van der Waals surface area contributed by atoms with Gasteiger partial charge in [0.1, 0.15) is 12.4 Å². The van der Waals surface area contributed by atoms with Crippen LogP contribution in [0.15, 0.2) is 18.2 Å². The summed E-state index contributed by atoms with van der Waals surface area (Å²) in [4.78, 5) is 24.5. The smallest absolute Gasteiger partial charge is 0.224 e. The zero-order valence-corrected chi connectivity index (χ0v) is 10.5. The molecule has 96 valence electrons. The monoisotopic (exact) mass is 248 g/mol. The van der Waals surface area contributed by atoms with Gasteiger partial charge in [-0.1, -0.05) is 6.92 Å². The molecule has 0 fully saturated rings. The van der Waals surface area contributed by atoms with Crippen molar-refractivity contribution in [2.24, 2.45) is 0 Å². The molecule has 0 saturated carbocycles. The topological polar surface area (TPSA) is 58.6 Å². The number of amides is 2. The summed E-state index contributed by atoms with van der Waals surface area (Å²) in [7, 11) is 0. The average Bonchev–Trinajstić information content (AvgIpc) is 2.37. The van der Waals surface area contributed by atoms with E-state index >= 15 is 0 Å². The van der Waals surface area contributed by atoms with Gasteiger partial charge < -0.3 is 15.0 Å². The number of benzene rings is 1. The normalized spacial score (nSPS) is 13.6. The number of hydrogen-bond donors (Lipinski definition) is 1. The summed E-state index contributed by atoms with van der Waals surface area (Å²) in [6.07, 6.45) is 0.421. The summed E-state index contributed by atoms with van der Waals surface area (Å²) in [5, 5.41) is 2.77. The Bertz CT molecular complexity index is 485. The van der Waals surface area contributed by atoms with Crippen molar-refractivity contribution < 1.29 is 14.3 Å². The molecule has 0 bridgehead atoms. The van der Waals surface area contributed by atoms with E-state index in [1.54, 1.807) is 30.0 Å². The molecule has 1 aliphatic rings. The minimum Gasteiger partial charge on any atom is -0.490 e. The van der Waals surface area contributed by atoms with Crippen LogP contribution in [-0.4, -0.2) is 25.0 Å². The molecule has 5 nitrogen and oxygen atoms in total. The lowest BCUT2D eigenvalue weighted by Crippen LogP contribution is -2.36. The fourth-order valence-corrected chi connectivity index (χ4v) is 1.87. The summed E-state index contributed by atoms with van der Waals surface area (Å²) in [6, 6.07) is 5.31. The Morgan fingerprint density at radius 2 is 2.22 bits per heavy atom. The minimum atomic E-state index is -0.0546. The highest BCUT2D eigenvalue weighted by molar-refractivity contribution is 5.96. The molecule has 1 aliphatic heterocycles. The second-order valence-corrected chi connectivity index (χ2v) is 4.10. The Morgan fingerprint density at radius 1 is 1.44 bits per heavy atom. The van der Waals surface area contributed by atoms with E-state index in [-0.39, 0.29) is 11.8 Å². The maximum absolute atomic E-state index is 11.5. The highest BCUT2D eigenvalue weighted by atomic mass is 16.5. The molecule has 1 heterocycles. The Morgan fingerprint density at radius 3 is 2.89 bits per heavy atom. The van der Waals surface area contributed by atoms with E-state index in [1.807, 2.05) is 0 Å². The second-order valence-electron chi connectivity index (χ2n) is 4.10. The van der Waals surface area contributed by atoms with Gasteiger partial charge in [0.05, 0.1) is 12.2 Å². The maximum Gasteiger partial charge on any atom is 0.224 e. The van der Waals surface area contributed by atoms with Gasteiger partial charge in [0.2, 0.25) is 11.8 Å². The standard InChI is InChI=1S/C13H16N2O3/c1-3-13(17)14-10-4-5-12-11(8-10)15(9(2)16)6-7-18-12/h4-5,8H,3,6-7H2,1-2H3,(H,14,17). The lowest BCUT2D eigenvalue weighted by molar-refractivity contribution is -0.117. The van der Waals surface area contributed by atoms with Gasteiger partial charge in [0, 0.05) is 19.0 Å². The molecule has 0 atom stereocenters. The highest BCUT2D eigenvalue weighted by Gasteiger charge is 2.21.